The molecule has 0 saturated carbocycles. The molecule has 1 heterocycles. The summed E-state index contributed by atoms with van der Waals surface area (Å²) in [6.07, 6.45) is 0. The van der Waals surface area contributed by atoms with E-state index in [1.54, 1.807) is 6.07 Å². The quantitative estimate of drug-likeness (QED) is 0.701. The van der Waals surface area contributed by atoms with Crippen molar-refractivity contribution in [3.05, 3.63) is 89.5 Å². The van der Waals surface area contributed by atoms with E-state index < -0.39 is 5.91 Å². The van der Waals surface area contributed by atoms with Crippen LogP contribution in [0.5, 0.6) is 11.5 Å². The van der Waals surface area contributed by atoms with Crippen molar-refractivity contribution in [1.82, 2.24) is 0 Å². The molecular formula is C24H24N2O3. The summed E-state index contributed by atoms with van der Waals surface area (Å²) < 4.78 is 11.9. The second-order valence-corrected chi connectivity index (χ2v) is 7.32. The number of carbonyl (C=O) groups is 1. The number of amides is 1. The molecule has 3 aromatic rings. The Morgan fingerprint density at radius 2 is 1.79 bits per heavy atom. The first-order valence-electron chi connectivity index (χ1n) is 9.65. The lowest BCUT2D eigenvalue weighted by atomic mass is 9.98. The number of aryl methyl sites for hydroxylation is 1. The third-order valence-corrected chi connectivity index (χ3v) is 5.06. The Kier molecular flexibility index (Phi) is 5.49. The topological polar surface area (TPSA) is 64.8 Å². The van der Waals surface area contributed by atoms with E-state index in [1.807, 2.05) is 61.5 Å². The van der Waals surface area contributed by atoms with Gasteiger partial charge < -0.3 is 20.1 Å². The maximum atomic E-state index is 11.5. The fraction of sp³-hybridized carbons (Fsp3) is 0.208. The van der Waals surface area contributed by atoms with Gasteiger partial charge in [0.2, 0.25) is 5.91 Å². The Bertz CT molecular complexity index is 1020. The largest absolute Gasteiger partial charge is 0.457 e. The molecule has 1 fully saturated rings. The minimum Gasteiger partial charge on any atom is -0.457 e. The van der Waals surface area contributed by atoms with Crippen LogP contribution in [0.3, 0.4) is 0 Å². The van der Waals surface area contributed by atoms with Gasteiger partial charge in [-0.3, -0.25) is 4.79 Å². The molecule has 148 valence electrons. The summed E-state index contributed by atoms with van der Waals surface area (Å²) in [7, 11) is 0. The van der Waals surface area contributed by atoms with Crippen LogP contribution in [0.1, 0.15) is 27.4 Å². The maximum absolute atomic E-state index is 11.5. The highest BCUT2D eigenvalue weighted by Gasteiger charge is 2.23. The van der Waals surface area contributed by atoms with Gasteiger partial charge in [0.25, 0.3) is 0 Å². The van der Waals surface area contributed by atoms with Gasteiger partial charge in [0.05, 0.1) is 6.61 Å². The van der Waals surface area contributed by atoms with Gasteiger partial charge in [0, 0.05) is 23.7 Å². The van der Waals surface area contributed by atoms with Crippen LogP contribution < -0.4 is 15.4 Å². The number of primary amides is 1. The Balaban J connectivity index is 1.51. The summed E-state index contributed by atoms with van der Waals surface area (Å²) in [6.45, 7) is 3.96. The number of hydrogen-bond acceptors (Lipinski definition) is 4. The average Bonchev–Trinajstić information content (AvgIpc) is 2.74. The lowest BCUT2D eigenvalue weighted by Gasteiger charge is -2.34. The van der Waals surface area contributed by atoms with Crippen LogP contribution in [0.4, 0.5) is 5.69 Å². The van der Waals surface area contributed by atoms with Crippen molar-refractivity contribution in [2.75, 3.05) is 24.8 Å². The average molecular weight is 388 g/mol. The number of ether oxygens (including phenoxy) is 2. The lowest BCUT2D eigenvalue weighted by molar-refractivity contribution is 0.0915. The van der Waals surface area contributed by atoms with E-state index >= 15 is 0 Å². The van der Waals surface area contributed by atoms with Crippen molar-refractivity contribution in [1.29, 1.82) is 0 Å². The van der Waals surface area contributed by atoms with Gasteiger partial charge in [0.1, 0.15) is 18.2 Å². The smallest absolute Gasteiger partial charge is 0.248 e. The zero-order chi connectivity index (χ0) is 20.2. The molecule has 1 saturated heterocycles. The standard InChI is InChI=1S/C24H24N2O3/c1-17-5-2-9-22(11-17)29-23-10-4-6-18(13-23)20-14-26(16-28-15-20)21-8-3-7-19(12-21)24(25)27/h2-13,20H,14-16H2,1H3,(H2,25,27). The van der Waals surface area contributed by atoms with Crippen LogP contribution in [0.25, 0.3) is 0 Å². The molecule has 1 amide bonds. The highest BCUT2D eigenvalue weighted by Crippen LogP contribution is 2.30. The lowest BCUT2D eigenvalue weighted by Crippen LogP contribution is -2.38. The summed E-state index contributed by atoms with van der Waals surface area (Å²) in [5, 5.41) is 0. The molecule has 0 aromatic heterocycles. The van der Waals surface area contributed by atoms with Crippen molar-refractivity contribution >= 4 is 11.6 Å². The van der Waals surface area contributed by atoms with Crippen molar-refractivity contribution in [3.63, 3.8) is 0 Å². The van der Waals surface area contributed by atoms with Gasteiger partial charge in [-0.2, -0.15) is 0 Å². The predicted octanol–water partition coefficient (Wildman–Crippen LogP) is 4.46. The Labute approximate surface area is 170 Å². The summed E-state index contributed by atoms with van der Waals surface area (Å²) in [5.41, 5.74) is 9.16. The first-order chi connectivity index (χ1) is 14.1. The first-order valence-corrected chi connectivity index (χ1v) is 9.65. The maximum Gasteiger partial charge on any atom is 0.248 e. The van der Waals surface area contributed by atoms with Crippen LogP contribution in [-0.4, -0.2) is 25.8 Å². The third kappa shape index (κ3) is 4.58. The minimum atomic E-state index is -0.428. The third-order valence-electron chi connectivity index (χ3n) is 5.06. The molecule has 3 aromatic carbocycles. The van der Waals surface area contributed by atoms with Crippen LogP contribution in [0.15, 0.2) is 72.8 Å². The number of nitrogens with zero attached hydrogens (tertiary/aromatic N) is 1. The Hall–Kier alpha value is -3.31. The SMILES string of the molecule is Cc1cccc(Oc2cccc(C3COCN(c4cccc(C(N)=O)c4)C3)c2)c1. The number of benzene rings is 3. The van der Waals surface area contributed by atoms with Crippen LogP contribution >= 0.6 is 0 Å². The molecule has 5 nitrogen and oxygen atoms in total. The Morgan fingerprint density at radius 3 is 2.59 bits per heavy atom. The zero-order valence-electron chi connectivity index (χ0n) is 16.4. The summed E-state index contributed by atoms with van der Waals surface area (Å²) >= 11 is 0. The van der Waals surface area contributed by atoms with Gasteiger partial charge in [-0.15, -0.1) is 0 Å². The van der Waals surface area contributed by atoms with Gasteiger partial charge in [0.15, 0.2) is 0 Å². The van der Waals surface area contributed by atoms with Crippen molar-refractivity contribution in [2.45, 2.75) is 12.8 Å². The molecule has 2 N–H and O–H groups in total. The first kappa shape index (κ1) is 19.0. The van der Waals surface area contributed by atoms with Crippen LogP contribution in [0.2, 0.25) is 0 Å². The molecule has 29 heavy (non-hydrogen) atoms. The number of anilines is 1. The molecule has 1 unspecified atom stereocenters. The van der Waals surface area contributed by atoms with E-state index in [0.717, 1.165) is 34.9 Å². The van der Waals surface area contributed by atoms with Gasteiger partial charge in [-0.1, -0.05) is 30.3 Å². The number of rotatable bonds is 5. The zero-order valence-corrected chi connectivity index (χ0v) is 16.4. The van der Waals surface area contributed by atoms with Gasteiger partial charge in [-0.25, -0.2) is 0 Å². The summed E-state index contributed by atoms with van der Waals surface area (Å²) in [4.78, 5) is 13.6. The van der Waals surface area contributed by atoms with Gasteiger partial charge in [-0.05, 0) is 60.5 Å². The molecule has 1 atom stereocenters. The van der Waals surface area contributed by atoms with E-state index in [1.165, 1.54) is 0 Å². The summed E-state index contributed by atoms with van der Waals surface area (Å²) in [6, 6.07) is 23.5. The van der Waals surface area contributed by atoms with Crippen molar-refractivity contribution in [3.8, 4) is 11.5 Å². The monoisotopic (exact) mass is 388 g/mol. The van der Waals surface area contributed by atoms with Crippen LogP contribution in [-0.2, 0) is 4.74 Å². The fourth-order valence-corrected chi connectivity index (χ4v) is 3.56. The minimum absolute atomic E-state index is 0.196. The van der Waals surface area contributed by atoms with E-state index in [0.29, 0.717) is 18.9 Å². The highest BCUT2D eigenvalue weighted by atomic mass is 16.5. The van der Waals surface area contributed by atoms with Gasteiger partial charge >= 0.3 is 0 Å². The number of hydrogen-bond donors (Lipinski definition) is 1. The van der Waals surface area contributed by atoms with E-state index in [2.05, 4.69) is 17.0 Å². The van der Waals surface area contributed by atoms with Crippen LogP contribution in [0, 0.1) is 6.92 Å². The highest BCUT2D eigenvalue weighted by molar-refractivity contribution is 5.93. The molecule has 0 spiro atoms. The van der Waals surface area contributed by atoms with E-state index in [4.69, 9.17) is 15.2 Å². The molecule has 1 aliphatic rings. The van der Waals surface area contributed by atoms with Crippen molar-refractivity contribution in [2.24, 2.45) is 5.73 Å². The fourth-order valence-electron chi connectivity index (χ4n) is 3.56. The predicted molar refractivity (Wildman–Crippen MR) is 114 cm³/mol. The molecular weight excluding hydrogens is 364 g/mol. The second-order valence-electron chi connectivity index (χ2n) is 7.32. The number of carbonyl (C=O) groups excluding carboxylic acids is 1. The molecule has 0 radical (unpaired) electrons. The molecule has 0 bridgehead atoms. The van der Waals surface area contributed by atoms with E-state index in [9.17, 15) is 4.79 Å². The molecule has 5 heteroatoms. The molecule has 4 rings (SSSR count). The molecule has 0 aliphatic carbocycles. The normalized spacial score (nSPS) is 16.4. The number of nitrogens with two attached hydrogens (primary N) is 1. The van der Waals surface area contributed by atoms with E-state index in [-0.39, 0.29) is 5.92 Å². The van der Waals surface area contributed by atoms with Crippen molar-refractivity contribution < 1.29 is 14.3 Å². The summed E-state index contributed by atoms with van der Waals surface area (Å²) in [5.74, 6) is 1.40. The second kappa shape index (κ2) is 8.37. The molecule has 1 aliphatic heterocycles. The Morgan fingerprint density at radius 1 is 1.03 bits per heavy atom.